The van der Waals surface area contributed by atoms with Crippen LogP contribution >= 0.6 is 0 Å². The summed E-state index contributed by atoms with van der Waals surface area (Å²) in [5.41, 5.74) is 2.18. The van der Waals surface area contributed by atoms with Gasteiger partial charge in [-0.3, -0.25) is 13.9 Å². The van der Waals surface area contributed by atoms with Gasteiger partial charge >= 0.3 is 0 Å². The minimum absolute atomic E-state index is 0.0356. The third-order valence-electron chi connectivity index (χ3n) is 7.44. The lowest BCUT2D eigenvalue weighted by Gasteiger charge is -2.34. The number of ether oxygens (including phenoxy) is 1. The van der Waals surface area contributed by atoms with Crippen molar-refractivity contribution in [2.45, 2.75) is 51.1 Å². The molecule has 46 heavy (non-hydrogen) atoms. The average molecular weight is 646 g/mol. The number of carbonyl (C=O) groups excluding carboxylic acids is 2. The molecule has 0 heterocycles. The Labute approximate surface area is 270 Å². The standard InChI is InChI=1S/C36H40FN3O5S/c1-4-23-38-36(42)34(24-28-11-7-6-8-12-28)39(25-29-13-9-10-14-33(29)37)35(41)26-40(30-17-15-27(3)16-18-30)46(43,44)32-21-19-31(20-22-32)45-5-2/h6-22,34H,4-5,23-26H2,1-3H3,(H,38,42)/t34-/m1/s1. The van der Waals surface area contributed by atoms with Gasteiger partial charge in [-0.05, 0) is 68.3 Å². The molecular formula is C36H40FN3O5S. The second-order valence-corrected chi connectivity index (χ2v) is 12.7. The molecule has 8 nitrogen and oxygen atoms in total. The van der Waals surface area contributed by atoms with Crippen molar-refractivity contribution in [1.82, 2.24) is 10.2 Å². The van der Waals surface area contributed by atoms with Crippen LogP contribution in [0.3, 0.4) is 0 Å². The van der Waals surface area contributed by atoms with Crippen LogP contribution < -0.4 is 14.4 Å². The number of sulfonamides is 1. The fraction of sp³-hybridized carbons (Fsp3) is 0.278. The van der Waals surface area contributed by atoms with E-state index >= 15 is 4.39 Å². The molecule has 4 aromatic carbocycles. The number of rotatable bonds is 15. The zero-order chi connectivity index (χ0) is 33.1. The third-order valence-corrected chi connectivity index (χ3v) is 9.23. The molecule has 0 bridgehead atoms. The summed E-state index contributed by atoms with van der Waals surface area (Å²) < 4.78 is 49.9. The van der Waals surface area contributed by atoms with Crippen molar-refractivity contribution in [3.8, 4) is 5.75 Å². The smallest absolute Gasteiger partial charge is 0.264 e. The van der Waals surface area contributed by atoms with Crippen LogP contribution in [0.25, 0.3) is 0 Å². The molecule has 2 amide bonds. The maximum Gasteiger partial charge on any atom is 0.264 e. The molecule has 0 unspecified atom stereocenters. The molecule has 10 heteroatoms. The number of hydrogen-bond acceptors (Lipinski definition) is 5. The summed E-state index contributed by atoms with van der Waals surface area (Å²) in [5, 5.41) is 2.88. The Bertz CT molecular complexity index is 1700. The van der Waals surface area contributed by atoms with E-state index in [1.165, 1.54) is 23.1 Å². The highest BCUT2D eigenvalue weighted by molar-refractivity contribution is 7.92. The molecule has 0 saturated heterocycles. The molecule has 242 valence electrons. The predicted octanol–water partition coefficient (Wildman–Crippen LogP) is 5.89. The molecule has 0 saturated carbocycles. The van der Waals surface area contributed by atoms with Gasteiger partial charge in [0.1, 0.15) is 24.2 Å². The molecule has 0 aliphatic carbocycles. The lowest BCUT2D eigenvalue weighted by atomic mass is 10.0. The van der Waals surface area contributed by atoms with E-state index < -0.39 is 40.2 Å². The van der Waals surface area contributed by atoms with Gasteiger partial charge in [0, 0.05) is 25.1 Å². The third kappa shape index (κ3) is 8.72. The molecule has 0 aliphatic rings. The Balaban J connectivity index is 1.79. The minimum atomic E-state index is -4.27. The van der Waals surface area contributed by atoms with Crippen molar-refractivity contribution in [3.05, 3.63) is 126 Å². The van der Waals surface area contributed by atoms with Crippen molar-refractivity contribution in [3.63, 3.8) is 0 Å². The van der Waals surface area contributed by atoms with E-state index in [2.05, 4.69) is 5.32 Å². The van der Waals surface area contributed by atoms with Crippen LogP contribution in [-0.4, -0.2) is 50.9 Å². The van der Waals surface area contributed by atoms with E-state index in [1.54, 1.807) is 54.6 Å². The van der Waals surface area contributed by atoms with Gasteiger partial charge in [0.25, 0.3) is 10.0 Å². The highest BCUT2D eigenvalue weighted by atomic mass is 32.2. The Kier molecular flexibility index (Phi) is 11.9. The van der Waals surface area contributed by atoms with Crippen molar-refractivity contribution < 1.29 is 27.1 Å². The highest BCUT2D eigenvalue weighted by Crippen LogP contribution is 2.27. The Morgan fingerprint density at radius 1 is 0.870 bits per heavy atom. The number of carbonyl (C=O) groups is 2. The van der Waals surface area contributed by atoms with Crippen molar-refractivity contribution >= 4 is 27.5 Å². The number of anilines is 1. The number of hydrogen-bond donors (Lipinski definition) is 1. The fourth-order valence-electron chi connectivity index (χ4n) is 4.97. The topological polar surface area (TPSA) is 96.0 Å². The highest BCUT2D eigenvalue weighted by Gasteiger charge is 2.35. The molecule has 0 spiro atoms. The Morgan fingerprint density at radius 2 is 1.52 bits per heavy atom. The summed E-state index contributed by atoms with van der Waals surface area (Å²) in [4.78, 5) is 29.4. The molecule has 0 aromatic heterocycles. The second-order valence-electron chi connectivity index (χ2n) is 10.9. The average Bonchev–Trinajstić information content (AvgIpc) is 3.06. The van der Waals surface area contributed by atoms with Crippen molar-refractivity contribution in [1.29, 1.82) is 0 Å². The molecule has 0 aliphatic heterocycles. The van der Waals surface area contributed by atoms with E-state index in [-0.39, 0.29) is 29.1 Å². The summed E-state index contributed by atoms with van der Waals surface area (Å²) in [7, 11) is -4.27. The Hall–Kier alpha value is -4.70. The second kappa shape index (κ2) is 16.0. The molecule has 0 fully saturated rings. The van der Waals surface area contributed by atoms with Gasteiger partial charge in [0.15, 0.2) is 0 Å². The SMILES string of the molecule is CCCNC(=O)[C@@H](Cc1ccccc1)N(Cc1ccccc1F)C(=O)CN(c1ccc(C)cc1)S(=O)(=O)c1ccc(OCC)cc1. The van der Waals surface area contributed by atoms with Crippen molar-refractivity contribution in [2.75, 3.05) is 24.0 Å². The maximum atomic E-state index is 15.0. The van der Waals surface area contributed by atoms with Crippen LogP contribution in [0, 0.1) is 12.7 Å². The lowest BCUT2D eigenvalue weighted by Crippen LogP contribution is -2.53. The zero-order valence-electron chi connectivity index (χ0n) is 26.4. The number of aryl methyl sites for hydroxylation is 1. The molecule has 0 radical (unpaired) electrons. The maximum absolute atomic E-state index is 15.0. The van der Waals surface area contributed by atoms with Crippen LogP contribution in [0.2, 0.25) is 0 Å². The van der Waals surface area contributed by atoms with Gasteiger partial charge in [-0.1, -0.05) is 73.2 Å². The van der Waals surface area contributed by atoms with Crippen molar-refractivity contribution in [2.24, 2.45) is 0 Å². The summed E-state index contributed by atoms with van der Waals surface area (Å²) in [6.45, 7) is 5.56. The summed E-state index contributed by atoms with van der Waals surface area (Å²) in [5.74, 6) is -1.10. The van der Waals surface area contributed by atoms with Gasteiger partial charge in [-0.25, -0.2) is 12.8 Å². The Morgan fingerprint density at radius 3 is 2.15 bits per heavy atom. The van der Waals surface area contributed by atoms with E-state index in [1.807, 2.05) is 51.1 Å². The molecule has 4 rings (SSSR count). The monoisotopic (exact) mass is 645 g/mol. The molecule has 1 N–H and O–H groups in total. The van der Waals surface area contributed by atoms with Crippen LogP contribution in [0.15, 0.2) is 108 Å². The van der Waals surface area contributed by atoms with Gasteiger partial charge < -0.3 is 15.0 Å². The van der Waals surface area contributed by atoms with E-state index in [0.717, 1.165) is 15.4 Å². The molecular weight excluding hydrogens is 605 g/mol. The number of benzene rings is 4. The van der Waals surface area contributed by atoms with Gasteiger partial charge in [-0.2, -0.15) is 0 Å². The van der Waals surface area contributed by atoms with E-state index in [0.29, 0.717) is 25.3 Å². The van der Waals surface area contributed by atoms with Crippen LogP contribution in [0.4, 0.5) is 10.1 Å². The van der Waals surface area contributed by atoms with E-state index in [4.69, 9.17) is 4.74 Å². The van der Waals surface area contributed by atoms with Crippen LogP contribution in [0.5, 0.6) is 5.75 Å². The van der Waals surface area contributed by atoms with Gasteiger partial charge in [0.05, 0.1) is 17.2 Å². The summed E-state index contributed by atoms with van der Waals surface area (Å²) in [6.07, 6.45) is 0.819. The minimum Gasteiger partial charge on any atom is -0.494 e. The zero-order valence-corrected chi connectivity index (χ0v) is 27.2. The number of nitrogens with one attached hydrogen (secondary N) is 1. The number of amides is 2. The first kappa shape index (κ1) is 34.2. The lowest BCUT2D eigenvalue weighted by molar-refractivity contribution is -0.140. The number of nitrogens with zero attached hydrogens (tertiary/aromatic N) is 2. The van der Waals surface area contributed by atoms with Crippen LogP contribution in [-0.2, 0) is 32.6 Å². The number of halogens is 1. The van der Waals surface area contributed by atoms with Crippen LogP contribution in [0.1, 0.15) is 37.0 Å². The first-order valence-corrected chi connectivity index (χ1v) is 16.7. The van der Waals surface area contributed by atoms with Gasteiger partial charge in [0.2, 0.25) is 11.8 Å². The molecule has 4 aromatic rings. The normalized spacial score (nSPS) is 11.8. The fourth-order valence-corrected chi connectivity index (χ4v) is 6.39. The summed E-state index contributed by atoms with van der Waals surface area (Å²) in [6, 6.07) is 27.0. The quantitative estimate of drug-likeness (QED) is 0.174. The summed E-state index contributed by atoms with van der Waals surface area (Å²) >= 11 is 0. The van der Waals surface area contributed by atoms with E-state index in [9.17, 15) is 18.0 Å². The first-order chi connectivity index (χ1) is 22.1. The predicted molar refractivity (Wildman–Crippen MR) is 178 cm³/mol. The molecule has 1 atom stereocenters. The van der Waals surface area contributed by atoms with Gasteiger partial charge in [-0.15, -0.1) is 0 Å². The first-order valence-electron chi connectivity index (χ1n) is 15.3. The largest absolute Gasteiger partial charge is 0.494 e.